The van der Waals surface area contributed by atoms with Crippen LogP contribution in [0.4, 0.5) is 52.7 Å². The zero-order valence-corrected chi connectivity index (χ0v) is 25.6. The van der Waals surface area contributed by atoms with Crippen LogP contribution in [0.25, 0.3) is 0 Å². The van der Waals surface area contributed by atoms with Gasteiger partial charge < -0.3 is 24.1 Å². The lowest BCUT2D eigenvalue weighted by molar-refractivity contribution is -0.558. The molecule has 0 saturated heterocycles. The number of aliphatic hydroxyl groups excluding tert-OH is 1. The van der Waals surface area contributed by atoms with Crippen LogP contribution in [-0.4, -0.2) is 107 Å². The van der Waals surface area contributed by atoms with E-state index in [1.54, 1.807) is 0 Å². The Bertz CT molecular complexity index is 785. The van der Waals surface area contributed by atoms with Gasteiger partial charge in [-0.1, -0.05) is 44.9 Å². The van der Waals surface area contributed by atoms with Crippen molar-refractivity contribution in [3.8, 4) is 0 Å². The SMILES string of the molecule is OCCOCCOCCOCC(F)(F)OC(F)(F)C(F)(F)OC(F)(F)C(F)(F)OC(F)(F)COCCCCCCCCCCCS. The predicted octanol–water partition coefficient (Wildman–Crippen LogP) is 7.09. The normalized spacial score (nSPS) is 14.0. The monoisotopic (exact) mass is 728 g/mol. The Morgan fingerprint density at radius 1 is 0.391 bits per heavy atom. The fraction of sp³-hybridized carbons (Fsp3) is 1.00. The van der Waals surface area contributed by atoms with E-state index in [9.17, 15) is 52.7 Å². The topological polar surface area (TPSA) is 84.8 Å². The average molecular weight is 729 g/mol. The zero-order chi connectivity index (χ0) is 35.4. The van der Waals surface area contributed by atoms with Crippen molar-refractivity contribution in [2.45, 2.75) is 94.4 Å². The molecule has 0 heterocycles. The maximum atomic E-state index is 13.7. The van der Waals surface area contributed by atoms with E-state index in [1.165, 1.54) is 0 Å². The lowest BCUT2D eigenvalue weighted by atomic mass is 10.1. The second kappa shape index (κ2) is 22.0. The van der Waals surface area contributed by atoms with Gasteiger partial charge in [0.05, 0.1) is 39.6 Å². The number of thiol groups is 1. The molecule has 0 aromatic heterocycles. The molecule has 0 unspecified atom stereocenters. The van der Waals surface area contributed by atoms with Crippen molar-refractivity contribution in [3.63, 3.8) is 0 Å². The summed E-state index contributed by atoms with van der Waals surface area (Å²) in [7, 11) is 0. The molecule has 0 aromatic rings. The molecule has 0 radical (unpaired) electrons. The maximum absolute atomic E-state index is 13.7. The van der Waals surface area contributed by atoms with Gasteiger partial charge in [0.2, 0.25) is 0 Å². The number of hydrogen-bond donors (Lipinski definition) is 2. The summed E-state index contributed by atoms with van der Waals surface area (Å²) in [4.78, 5) is 0. The van der Waals surface area contributed by atoms with Gasteiger partial charge in [-0.3, -0.25) is 0 Å². The van der Waals surface area contributed by atoms with Crippen LogP contribution in [0.5, 0.6) is 0 Å². The standard InChI is InChI=1S/C25H40F12O8S/c26-20(27,18-41-11-8-6-4-2-1-3-5-7-9-17-46)43-22(30,31)24(34,35)45-25(36,37)23(32,33)44-21(28,29)19-42-16-15-40-14-13-39-12-10-38/h38,46H,1-19H2. The quantitative estimate of drug-likeness (QED) is 0.0445. The van der Waals surface area contributed by atoms with E-state index in [2.05, 4.69) is 31.6 Å². The number of alkyl halides is 12. The van der Waals surface area contributed by atoms with E-state index in [-0.39, 0.29) is 32.8 Å². The van der Waals surface area contributed by atoms with Gasteiger partial charge in [0, 0.05) is 6.61 Å². The van der Waals surface area contributed by atoms with Crippen molar-refractivity contribution < 1.29 is 90.9 Å². The van der Waals surface area contributed by atoms with E-state index < -0.39 is 69.7 Å². The van der Waals surface area contributed by atoms with Crippen LogP contribution in [0.15, 0.2) is 0 Å². The second-order valence-electron chi connectivity index (χ2n) is 9.61. The largest absolute Gasteiger partial charge is 0.453 e. The molecule has 0 aliphatic carbocycles. The summed E-state index contributed by atoms with van der Waals surface area (Å²) in [6.45, 7) is -6.29. The smallest absolute Gasteiger partial charge is 0.394 e. The summed E-state index contributed by atoms with van der Waals surface area (Å²) < 4.78 is 189. The van der Waals surface area contributed by atoms with Gasteiger partial charge >= 0.3 is 36.7 Å². The fourth-order valence-corrected chi connectivity index (χ4v) is 3.50. The van der Waals surface area contributed by atoms with Crippen molar-refractivity contribution in [1.29, 1.82) is 0 Å². The summed E-state index contributed by atoms with van der Waals surface area (Å²) >= 11 is 4.10. The number of unbranched alkanes of at least 4 members (excludes halogenated alkanes) is 8. The van der Waals surface area contributed by atoms with Gasteiger partial charge in [0.25, 0.3) is 0 Å². The molecular formula is C25H40F12O8S. The van der Waals surface area contributed by atoms with Crippen LogP contribution in [-0.2, 0) is 33.2 Å². The van der Waals surface area contributed by atoms with Crippen molar-refractivity contribution in [1.82, 2.24) is 0 Å². The summed E-state index contributed by atoms with van der Waals surface area (Å²) in [5.41, 5.74) is 0. The molecule has 0 atom stereocenters. The summed E-state index contributed by atoms with van der Waals surface area (Å²) in [5, 5.41) is 8.47. The van der Waals surface area contributed by atoms with E-state index in [4.69, 9.17) is 14.6 Å². The average Bonchev–Trinajstić information content (AvgIpc) is 2.90. The maximum Gasteiger partial charge on any atom is 0.453 e. The third-order valence-electron chi connectivity index (χ3n) is 5.46. The number of aliphatic hydroxyl groups is 1. The second-order valence-corrected chi connectivity index (χ2v) is 10.1. The van der Waals surface area contributed by atoms with Crippen LogP contribution in [0.2, 0.25) is 0 Å². The van der Waals surface area contributed by atoms with Crippen LogP contribution in [0.3, 0.4) is 0 Å². The Balaban J connectivity index is 4.70. The Kier molecular flexibility index (Phi) is 21.6. The Morgan fingerprint density at radius 3 is 1.13 bits per heavy atom. The van der Waals surface area contributed by atoms with Crippen LogP contribution in [0, 0.1) is 0 Å². The van der Waals surface area contributed by atoms with Crippen LogP contribution in [0.1, 0.15) is 57.8 Å². The minimum atomic E-state index is -6.94. The molecular weight excluding hydrogens is 688 g/mol. The minimum absolute atomic E-state index is 0.0255. The molecule has 0 bridgehead atoms. The first-order chi connectivity index (χ1) is 21.2. The highest BCUT2D eigenvalue weighted by atomic mass is 32.1. The van der Waals surface area contributed by atoms with Gasteiger partial charge in [-0.15, -0.1) is 0 Å². The number of rotatable bonds is 31. The molecule has 0 aliphatic rings. The predicted molar refractivity (Wildman–Crippen MR) is 139 cm³/mol. The highest BCUT2D eigenvalue weighted by Crippen LogP contribution is 2.48. The molecule has 8 nitrogen and oxygen atoms in total. The Hall–Kier alpha value is -0.810. The lowest BCUT2D eigenvalue weighted by Gasteiger charge is -2.34. The van der Waals surface area contributed by atoms with E-state index in [0.717, 1.165) is 44.3 Å². The minimum Gasteiger partial charge on any atom is -0.394 e. The van der Waals surface area contributed by atoms with Crippen molar-refractivity contribution in [3.05, 3.63) is 0 Å². The first-order valence-electron chi connectivity index (χ1n) is 14.1. The molecule has 0 spiro atoms. The molecule has 21 heteroatoms. The Labute approximate surface area is 263 Å². The van der Waals surface area contributed by atoms with Crippen LogP contribution >= 0.6 is 12.6 Å². The van der Waals surface area contributed by atoms with Crippen molar-refractivity contribution >= 4 is 12.6 Å². The van der Waals surface area contributed by atoms with Crippen molar-refractivity contribution in [2.24, 2.45) is 0 Å². The molecule has 1 N–H and O–H groups in total. The molecule has 46 heavy (non-hydrogen) atoms. The van der Waals surface area contributed by atoms with Crippen molar-refractivity contribution in [2.75, 3.05) is 65.2 Å². The molecule has 0 rings (SSSR count). The first-order valence-corrected chi connectivity index (χ1v) is 14.8. The molecule has 0 fully saturated rings. The van der Waals surface area contributed by atoms with Gasteiger partial charge in [0.1, 0.15) is 13.2 Å². The summed E-state index contributed by atoms with van der Waals surface area (Å²) in [5.74, 6) is 0.799. The third-order valence-corrected chi connectivity index (χ3v) is 5.77. The number of ether oxygens (including phenoxy) is 7. The highest BCUT2D eigenvalue weighted by molar-refractivity contribution is 7.80. The number of hydrogen-bond acceptors (Lipinski definition) is 9. The highest BCUT2D eigenvalue weighted by Gasteiger charge is 2.74. The van der Waals surface area contributed by atoms with Gasteiger partial charge in [-0.05, 0) is 18.6 Å². The first kappa shape index (κ1) is 45.2. The van der Waals surface area contributed by atoms with E-state index in [0.29, 0.717) is 12.8 Å². The van der Waals surface area contributed by atoms with Gasteiger partial charge in [0.15, 0.2) is 0 Å². The summed E-state index contributed by atoms with van der Waals surface area (Å²) in [6, 6.07) is 0. The zero-order valence-electron chi connectivity index (χ0n) is 24.7. The summed E-state index contributed by atoms with van der Waals surface area (Å²) in [6.07, 6.45) is -30.6. The molecule has 0 saturated carbocycles. The lowest BCUT2D eigenvalue weighted by Crippen LogP contribution is -2.58. The van der Waals surface area contributed by atoms with E-state index in [1.807, 2.05) is 4.74 Å². The van der Waals surface area contributed by atoms with Crippen LogP contribution < -0.4 is 0 Å². The Morgan fingerprint density at radius 2 is 0.717 bits per heavy atom. The molecule has 0 amide bonds. The molecule has 0 aliphatic heterocycles. The van der Waals surface area contributed by atoms with E-state index >= 15 is 0 Å². The number of halogens is 12. The molecule has 0 aromatic carbocycles. The van der Waals surface area contributed by atoms with Gasteiger partial charge in [-0.25, -0.2) is 14.2 Å². The van der Waals surface area contributed by atoms with Gasteiger partial charge in [-0.2, -0.15) is 65.3 Å². The fourth-order valence-electron chi connectivity index (χ4n) is 3.27. The molecule has 278 valence electrons. The third kappa shape index (κ3) is 19.9.